The lowest BCUT2D eigenvalue weighted by Gasteiger charge is -2.42. The van der Waals surface area contributed by atoms with Gasteiger partial charge in [0.15, 0.2) is 0 Å². The molecule has 0 bridgehead atoms. The minimum absolute atomic E-state index is 0. The topological polar surface area (TPSA) is 59.2 Å². The van der Waals surface area contributed by atoms with Crippen LogP contribution in [0, 0.1) is 12.8 Å². The zero-order valence-electron chi connectivity index (χ0n) is 14.5. The number of aromatic nitrogens is 1. The molecule has 3 atom stereocenters. The molecule has 3 unspecified atom stereocenters. The van der Waals surface area contributed by atoms with Crippen molar-refractivity contribution in [3.63, 3.8) is 0 Å². The van der Waals surface area contributed by atoms with E-state index in [4.69, 9.17) is 5.73 Å². The first-order chi connectivity index (χ1) is 10.5. The van der Waals surface area contributed by atoms with Crippen LogP contribution in [0.15, 0.2) is 5.38 Å². The maximum Gasteiger partial charge on any atom is 0.227 e. The normalized spacial score (nSPS) is 30.2. The highest BCUT2D eigenvalue weighted by Crippen LogP contribution is 2.35. The van der Waals surface area contributed by atoms with E-state index in [0.29, 0.717) is 5.92 Å². The summed E-state index contributed by atoms with van der Waals surface area (Å²) in [6, 6.07) is 0. The van der Waals surface area contributed by atoms with E-state index in [1.54, 1.807) is 11.3 Å². The molecule has 3 rings (SSSR count). The number of hydrogen-bond acceptors (Lipinski definition) is 4. The van der Waals surface area contributed by atoms with Crippen LogP contribution in [0.4, 0.5) is 0 Å². The summed E-state index contributed by atoms with van der Waals surface area (Å²) >= 11 is 1.73. The highest BCUT2D eigenvalue weighted by molar-refractivity contribution is 7.09. The predicted molar refractivity (Wildman–Crippen MR) is 104 cm³/mol. The molecule has 2 N–H and O–H groups in total. The second-order valence-corrected chi connectivity index (χ2v) is 8.14. The summed E-state index contributed by atoms with van der Waals surface area (Å²) in [4.78, 5) is 19.7. The van der Waals surface area contributed by atoms with Crippen LogP contribution >= 0.6 is 36.2 Å². The summed E-state index contributed by atoms with van der Waals surface area (Å²) in [5, 5.41) is 3.29. The van der Waals surface area contributed by atoms with E-state index in [9.17, 15) is 4.79 Å². The number of nitrogens with two attached hydrogens (primary N) is 1. The third-order valence-electron chi connectivity index (χ3n) is 5.27. The molecule has 24 heavy (non-hydrogen) atoms. The highest BCUT2D eigenvalue weighted by atomic mass is 35.5. The van der Waals surface area contributed by atoms with Gasteiger partial charge < -0.3 is 10.6 Å². The van der Waals surface area contributed by atoms with Crippen LogP contribution < -0.4 is 5.73 Å². The second kappa shape index (κ2) is 8.84. The van der Waals surface area contributed by atoms with Gasteiger partial charge in [0.25, 0.3) is 0 Å². The number of nitrogens with zero attached hydrogens (tertiary/aromatic N) is 2. The standard InChI is InChI=1S/C17H27N3OS.2ClH/c1-12-11-22-15(19-12)13-6-5-9-20(10-13)16(21)14-7-3-4-8-17(14,2)18;;/h11,13-14H,3-10,18H2,1-2H3;2*1H. The first-order valence-electron chi connectivity index (χ1n) is 8.47. The van der Waals surface area contributed by atoms with Crippen LogP contribution in [0.1, 0.15) is 62.1 Å². The SMILES string of the molecule is Cc1csc(C2CCCN(C(=O)C3CCCCC3(C)N)C2)n1.Cl.Cl. The van der Waals surface area contributed by atoms with Crippen LogP contribution in [-0.2, 0) is 4.79 Å². The molecule has 1 saturated carbocycles. The third kappa shape index (κ3) is 4.63. The summed E-state index contributed by atoms with van der Waals surface area (Å²) in [5.74, 6) is 0.685. The van der Waals surface area contributed by atoms with Gasteiger partial charge in [-0.15, -0.1) is 36.2 Å². The average Bonchev–Trinajstić information content (AvgIpc) is 2.93. The molecule has 1 aromatic heterocycles. The number of halogens is 2. The molecule has 1 aromatic rings. The van der Waals surface area contributed by atoms with Crippen molar-refractivity contribution in [2.24, 2.45) is 11.7 Å². The molecular weight excluding hydrogens is 365 g/mol. The van der Waals surface area contributed by atoms with Gasteiger partial charge in [0.05, 0.1) is 10.9 Å². The van der Waals surface area contributed by atoms with E-state index in [1.807, 2.05) is 6.92 Å². The van der Waals surface area contributed by atoms with Crippen LogP contribution in [-0.4, -0.2) is 34.4 Å². The number of piperidine rings is 1. The van der Waals surface area contributed by atoms with Gasteiger partial charge in [0, 0.05) is 35.6 Å². The molecule has 0 aromatic carbocycles. The van der Waals surface area contributed by atoms with E-state index < -0.39 is 0 Å². The van der Waals surface area contributed by atoms with Crippen molar-refractivity contribution in [1.82, 2.24) is 9.88 Å². The van der Waals surface area contributed by atoms with Crippen molar-refractivity contribution in [2.75, 3.05) is 13.1 Å². The molecule has 1 saturated heterocycles. The summed E-state index contributed by atoms with van der Waals surface area (Å²) in [6.07, 6.45) is 6.41. The first-order valence-corrected chi connectivity index (χ1v) is 9.35. The zero-order chi connectivity index (χ0) is 15.7. The summed E-state index contributed by atoms with van der Waals surface area (Å²) in [7, 11) is 0. The molecule has 4 nitrogen and oxygen atoms in total. The van der Waals surface area contributed by atoms with Crippen molar-refractivity contribution in [1.29, 1.82) is 0 Å². The van der Waals surface area contributed by atoms with Crippen LogP contribution in [0.25, 0.3) is 0 Å². The Hall–Kier alpha value is -0.360. The molecule has 2 heterocycles. The molecule has 138 valence electrons. The average molecular weight is 394 g/mol. The van der Waals surface area contributed by atoms with E-state index in [1.165, 1.54) is 5.01 Å². The van der Waals surface area contributed by atoms with Gasteiger partial charge in [-0.3, -0.25) is 4.79 Å². The molecule has 2 fully saturated rings. The van der Waals surface area contributed by atoms with Gasteiger partial charge in [-0.2, -0.15) is 0 Å². The highest BCUT2D eigenvalue weighted by Gasteiger charge is 2.40. The third-order valence-corrected chi connectivity index (χ3v) is 6.40. The lowest BCUT2D eigenvalue weighted by molar-refractivity contribution is -0.140. The Labute approximate surface area is 161 Å². The van der Waals surface area contributed by atoms with Gasteiger partial charge >= 0.3 is 0 Å². The van der Waals surface area contributed by atoms with Crippen molar-refractivity contribution < 1.29 is 4.79 Å². The number of rotatable bonds is 2. The van der Waals surface area contributed by atoms with E-state index in [2.05, 4.69) is 22.2 Å². The predicted octanol–water partition coefficient (Wildman–Crippen LogP) is 3.91. The van der Waals surface area contributed by atoms with Gasteiger partial charge in [0.1, 0.15) is 0 Å². The minimum atomic E-state index is -0.333. The number of hydrogen-bond donors (Lipinski definition) is 1. The smallest absolute Gasteiger partial charge is 0.227 e. The minimum Gasteiger partial charge on any atom is -0.342 e. The summed E-state index contributed by atoms with van der Waals surface area (Å²) in [5.41, 5.74) is 7.18. The number of aryl methyl sites for hydroxylation is 1. The number of carbonyl (C=O) groups is 1. The Morgan fingerprint density at radius 3 is 2.71 bits per heavy atom. The van der Waals surface area contributed by atoms with Crippen molar-refractivity contribution in [3.05, 3.63) is 16.1 Å². The molecule has 0 spiro atoms. The van der Waals surface area contributed by atoms with Crippen LogP contribution in [0.2, 0.25) is 0 Å². The lowest BCUT2D eigenvalue weighted by Crippen LogP contribution is -2.55. The quantitative estimate of drug-likeness (QED) is 0.828. The zero-order valence-corrected chi connectivity index (χ0v) is 16.9. The Balaban J connectivity index is 0.00000144. The van der Waals surface area contributed by atoms with Crippen molar-refractivity contribution >= 4 is 42.1 Å². The number of likely N-dealkylation sites (tertiary alicyclic amines) is 1. The first kappa shape index (κ1) is 21.7. The molecule has 0 radical (unpaired) electrons. The molecule has 1 amide bonds. The summed E-state index contributed by atoms with van der Waals surface area (Å²) < 4.78 is 0. The van der Waals surface area contributed by atoms with Crippen LogP contribution in [0.5, 0.6) is 0 Å². The monoisotopic (exact) mass is 393 g/mol. The van der Waals surface area contributed by atoms with E-state index in [0.717, 1.165) is 57.3 Å². The molecule has 1 aliphatic carbocycles. The number of thiazole rings is 1. The molecule has 7 heteroatoms. The fourth-order valence-electron chi connectivity index (χ4n) is 3.92. The molecular formula is C17H29Cl2N3OS. The van der Waals surface area contributed by atoms with Crippen molar-refractivity contribution in [2.45, 2.75) is 63.8 Å². The summed E-state index contributed by atoms with van der Waals surface area (Å²) in [6.45, 7) is 5.79. The van der Waals surface area contributed by atoms with E-state index in [-0.39, 0.29) is 42.2 Å². The Morgan fingerprint density at radius 2 is 2.08 bits per heavy atom. The molecule has 2 aliphatic rings. The van der Waals surface area contributed by atoms with Gasteiger partial charge in [-0.25, -0.2) is 4.98 Å². The maximum absolute atomic E-state index is 13.0. The lowest BCUT2D eigenvalue weighted by atomic mass is 9.73. The number of carbonyl (C=O) groups excluding carboxylic acids is 1. The fourth-order valence-corrected chi connectivity index (χ4v) is 4.85. The number of amides is 1. The maximum atomic E-state index is 13.0. The molecule has 1 aliphatic heterocycles. The van der Waals surface area contributed by atoms with Gasteiger partial charge in [0.2, 0.25) is 5.91 Å². The van der Waals surface area contributed by atoms with Gasteiger partial charge in [-0.1, -0.05) is 12.8 Å². The van der Waals surface area contributed by atoms with Crippen molar-refractivity contribution in [3.8, 4) is 0 Å². The largest absolute Gasteiger partial charge is 0.342 e. The van der Waals surface area contributed by atoms with Crippen LogP contribution in [0.3, 0.4) is 0 Å². The van der Waals surface area contributed by atoms with Gasteiger partial charge in [-0.05, 0) is 39.5 Å². The fraction of sp³-hybridized carbons (Fsp3) is 0.765. The second-order valence-electron chi connectivity index (χ2n) is 7.25. The van der Waals surface area contributed by atoms with E-state index >= 15 is 0 Å². The Morgan fingerprint density at radius 1 is 1.33 bits per heavy atom. The Bertz CT molecular complexity index is 550. The Kier molecular flexibility index (Phi) is 7.98.